The summed E-state index contributed by atoms with van der Waals surface area (Å²) < 4.78 is 0. The van der Waals surface area contributed by atoms with Gasteiger partial charge < -0.3 is 34.2 Å². The Morgan fingerprint density at radius 3 is 0.579 bits per heavy atom. The van der Waals surface area contributed by atoms with Crippen LogP contribution in [0.25, 0.3) is 0 Å². The van der Waals surface area contributed by atoms with Gasteiger partial charge in [0.2, 0.25) is 0 Å². The molecule has 208 valence electrons. The van der Waals surface area contributed by atoms with Crippen molar-refractivity contribution in [2.75, 3.05) is 0 Å². The number of hydrogen-bond acceptors (Lipinski definition) is 0. The molecule has 0 spiro atoms. The standard InChI is InChI=1S/4C8H11.2ClH.2FH.2Zr/c4*1-2-5-8-6-3-4-7-8;;;;;;/h4*3-4,6-7H,2,5H2,1H3;4*1H;;/q4*-1;;;;;2*+4/p-4. The van der Waals surface area contributed by atoms with Gasteiger partial charge in [-0.25, -0.2) is 48.5 Å². The van der Waals surface area contributed by atoms with E-state index in [0.717, 1.165) is 0 Å². The zero-order valence-corrected chi connectivity index (χ0v) is 29.8. The molecule has 4 aromatic carbocycles. The Hall–Kier alpha value is -0.394. The second-order valence-corrected chi connectivity index (χ2v) is 8.17. The fourth-order valence-electron chi connectivity index (χ4n) is 3.48. The maximum Gasteiger partial charge on any atom is 4.00 e. The Kier molecular flexibility index (Phi) is 48.6. The minimum Gasteiger partial charge on any atom is -1.00 e. The summed E-state index contributed by atoms with van der Waals surface area (Å²) in [5.74, 6) is 0. The first-order valence-corrected chi connectivity index (χ1v) is 12.6. The number of halogens is 4. The van der Waals surface area contributed by atoms with Crippen molar-refractivity contribution in [1.82, 2.24) is 0 Å². The molecular weight excluding hydrogens is 676 g/mol. The van der Waals surface area contributed by atoms with Crippen LogP contribution < -0.4 is 34.2 Å². The molecule has 0 saturated heterocycles. The van der Waals surface area contributed by atoms with Crippen molar-refractivity contribution in [3.63, 3.8) is 0 Å². The molecule has 0 bridgehead atoms. The Balaban J connectivity index is -0.0000000853. The molecule has 6 heteroatoms. The van der Waals surface area contributed by atoms with E-state index in [4.69, 9.17) is 0 Å². The van der Waals surface area contributed by atoms with E-state index in [1.165, 1.54) is 73.6 Å². The SMILES string of the molecule is CCC[c-]1cccc1.CCC[c-]1cccc1.CCC[c-]1cccc1.CCC[c-]1cccc1.[Cl-].[Cl-].[F-].[F-].[Zr+4].[Zr+4]. The molecular formula is C32H44Cl2F2Zr2. The van der Waals surface area contributed by atoms with E-state index in [9.17, 15) is 0 Å². The average molecular weight is 720 g/mol. The van der Waals surface area contributed by atoms with Crippen LogP contribution in [0.4, 0.5) is 0 Å². The summed E-state index contributed by atoms with van der Waals surface area (Å²) in [6, 6.07) is 34.1. The predicted molar refractivity (Wildman–Crippen MR) is 144 cm³/mol. The largest absolute Gasteiger partial charge is 4.00 e. The third-order valence-electron chi connectivity index (χ3n) is 5.08. The van der Waals surface area contributed by atoms with Gasteiger partial charge in [0, 0.05) is 0 Å². The van der Waals surface area contributed by atoms with Crippen molar-refractivity contribution in [1.29, 1.82) is 0 Å². The van der Waals surface area contributed by atoms with E-state index >= 15 is 0 Å². The van der Waals surface area contributed by atoms with Gasteiger partial charge in [0.05, 0.1) is 0 Å². The first-order chi connectivity index (χ1) is 15.7. The molecule has 4 rings (SSSR count). The second kappa shape index (κ2) is 36.6. The van der Waals surface area contributed by atoms with Crippen molar-refractivity contribution in [3.05, 3.63) is 119 Å². The smallest absolute Gasteiger partial charge is 1.00 e. The molecule has 38 heavy (non-hydrogen) atoms. The third kappa shape index (κ3) is 27.2. The van der Waals surface area contributed by atoms with Crippen LogP contribution in [0.3, 0.4) is 0 Å². The molecule has 0 amide bonds. The average Bonchev–Trinajstić information content (AvgIpc) is 3.60. The van der Waals surface area contributed by atoms with Gasteiger partial charge in [-0.2, -0.15) is 70.8 Å². The quantitative estimate of drug-likeness (QED) is 0.176. The zero-order valence-electron chi connectivity index (χ0n) is 23.4. The van der Waals surface area contributed by atoms with Crippen LogP contribution in [0, 0.1) is 0 Å². The molecule has 0 unspecified atom stereocenters. The van der Waals surface area contributed by atoms with Gasteiger partial charge in [-0.05, 0) is 0 Å². The minimum atomic E-state index is 0. The normalized spacial score (nSPS) is 8.11. The maximum absolute atomic E-state index is 2.20. The van der Waals surface area contributed by atoms with Crippen LogP contribution in [0.15, 0.2) is 97.1 Å². The van der Waals surface area contributed by atoms with Gasteiger partial charge in [0.15, 0.2) is 0 Å². The molecule has 0 aromatic heterocycles. The van der Waals surface area contributed by atoms with Crippen LogP contribution in [0.2, 0.25) is 0 Å². The van der Waals surface area contributed by atoms with Crippen molar-refractivity contribution in [2.24, 2.45) is 0 Å². The van der Waals surface area contributed by atoms with Crippen LogP contribution >= 0.6 is 0 Å². The van der Waals surface area contributed by atoms with Crippen molar-refractivity contribution in [3.8, 4) is 0 Å². The number of hydrogen-bond donors (Lipinski definition) is 0. The minimum absolute atomic E-state index is 0. The second-order valence-electron chi connectivity index (χ2n) is 8.17. The first kappa shape index (κ1) is 50.4. The van der Waals surface area contributed by atoms with Crippen LogP contribution in [0.1, 0.15) is 75.6 Å². The predicted octanol–water partition coefficient (Wildman–Crippen LogP) is -2.56. The summed E-state index contributed by atoms with van der Waals surface area (Å²) >= 11 is 0. The van der Waals surface area contributed by atoms with Gasteiger partial charge in [0.1, 0.15) is 0 Å². The van der Waals surface area contributed by atoms with E-state index in [1.807, 2.05) is 0 Å². The van der Waals surface area contributed by atoms with Crippen molar-refractivity contribution in [2.45, 2.75) is 79.1 Å². The topological polar surface area (TPSA) is 0 Å². The summed E-state index contributed by atoms with van der Waals surface area (Å²) in [4.78, 5) is 0. The van der Waals surface area contributed by atoms with E-state index < -0.39 is 0 Å². The monoisotopic (exact) mass is 716 g/mol. The maximum atomic E-state index is 2.20. The van der Waals surface area contributed by atoms with E-state index in [0.29, 0.717) is 0 Å². The summed E-state index contributed by atoms with van der Waals surface area (Å²) in [6.07, 6.45) is 9.93. The van der Waals surface area contributed by atoms with Gasteiger partial charge in [0.25, 0.3) is 0 Å². The fourth-order valence-corrected chi connectivity index (χ4v) is 3.48. The van der Waals surface area contributed by atoms with Gasteiger partial charge in [-0.1, -0.05) is 79.1 Å². The Labute approximate surface area is 282 Å². The summed E-state index contributed by atoms with van der Waals surface area (Å²) in [5.41, 5.74) is 5.86. The van der Waals surface area contributed by atoms with E-state index in [2.05, 4.69) is 125 Å². The number of aryl methyl sites for hydroxylation is 4. The molecule has 0 radical (unpaired) electrons. The van der Waals surface area contributed by atoms with Gasteiger partial charge in [-0.15, -0.1) is 0 Å². The van der Waals surface area contributed by atoms with Crippen LogP contribution in [-0.4, -0.2) is 0 Å². The number of rotatable bonds is 8. The fraction of sp³-hybridized carbons (Fsp3) is 0.375. The molecule has 0 atom stereocenters. The summed E-state index contributed by atoms with van der Waals surface area (Å²) in [6.45, 7) is 8.81. The Morgan fingerprint density at radius 2 is 0.474 bits per heavy atom. The van der Waals surface area contributed by atoms with Crippen LogP contribution in [-0.2, 0) is 78.1 Å². The van der Waals surface area contributed by atoms with Gasteiger partial charge in [-0.3, -0.25) is 0 Å². The molecule has 0 heterocycles. The van der Waals surface area contributed by atoms with Crippen LogP contribution in [0.5, 0.6) is 0 Å². The molecule has 0 aliphatic carbocycles. The van der Waals surface area contributed by atoms with E-state index in [1.54, 1.807) is 0 Å². The summed E-state index contributed by atoms with van der Waals surface area (Å²) in [7, 11) is 0. The molecule has 0 aliphatic heterocycles. The summed E-state index contributed by atoms with van der Waals surface area (Å²) in [5, 5.41) is 0. The molecule has 0 nitrogen and oxygen atoms in total. The Bertz CT molecular complexity index is 681. The van der Waals surface area contributed by atoms with Crippen molar-refractivity contribution < 1.29 is 86.6 Å². The third-order valence-corrected chi connectivity index (χ3v) is 5.08. The molecule has 0 fully saturated rings. The van der Waals surface area contributed by atoms with E-state index in [-0.39, 0.29) is 86.6 Å². The molecule has 0 saturated carbocycles. The molecule has 0 N–H and O–H groups in total. The van der Waals surface area contributed by atoms with Gasteiger partial charge >= 0.3 is 52.4 Å². The van der Waals surface area contributed by atoms with Crippen molar-refractivity contribution >= 4 is 0 Å². The molecule has 4 aromatic rings. The Morgan fingerprint density at radius 1 is 0.342 bits per heavy atom. The molecule has 0 aliphatic rings. The zero-order chi connectivity index (χ0) is 23.3. The first-order valence-electron chi connectivity index (χ1n) is 12.6.